The first-order valence-electron chi connectivity index (χ1n) is 12.4. The molecule has 1 fully saturated rings. The van der Waals surface area contributed by atoms with E-state index in [4.69, 9.17) is 15.2 Å². The van der Waals surface area contributed by atoms with Gasteiger partial charge in [-0.2, -0.15) is 0 Å². The first kappa shape index (κ1) is 25.2. The van der Waals surface area contributed by atoms with Gasteiger partial charge in [0.05, 0.1) is 36.0 Å². The monoisotopic (exact) mass is 491 g/mol. The van der Waals surface area contributed by atoms with Gasteiger partial charge in [-0.05, 0) is 56.5 Å². The Labute approximate surface area is 210 Å². The molecule has 2 aromatic carbocycles. The molecular weight excluding hydrogens is 458 g/mol. The molecule has 5 N–H and O–H groups in total. The summed E-state index contributed by atoms with van der Waals surface area (Å²) in [5, 5.41) is 10.3. The molecule has 0 bridgehead atoms. The van der Waals surface area contributed by atoms with Crippen LogP contribution in [0.4, 0.5) is 11.4 Å². The third-order valence-corrected chi connectivity index (χ3v) is 6.28. The van der Waals surface area contributed by atoms with E-state index in [1.807, 2.05) is 38.1 Å². The van der Waals surface area contributed by atoms with E-state index in [2.05, 4.69) is 27.9 Å². The number of ether oxygens (including phenoxy) is 2. The number of aromatic nitrogens is 1. The number of amides is 2. The Morgan fingerprint density at radius 3 is 2.47 bits per heavy atom. The average molecular weight is 492 g/mol. The highest BCUT2D eigenvalue weighted by Gasteiger charge is 2.24. The van der Waals surface area contributed by atoms with Crippen LogP contribution in [-0.2, 0) is 17.8 Å². The van der Waals surface area contributed by atoms with E-state index in [0.717, 1.165) is 36.2 Å². The first-order chi connectivity index (χ1) is 17.5. The Balaban J connectivity index is 1.74. The number of nitrogens with zero attached hydrogens (tertiary/aromatic N) is 1. The molecule has 1 aromatic heterocycles. The quantitative estimate of drug-likeness (QED) is 0.324. The minimum Gasteiger partial charge on any atom is -0.490 e. The van der Waals surface area contributed by atoms with Crippen molar-refractivity contribution < 1.29 is 19.1 Å². The van der Waals surface area contributed by atoms with Crippen LogP contribution in [0.25, 0.3) is 10.9 Å². The molecule has 1 aliphatic rings. The van der Waals surface area contributed by atoms with Crippen LogP contribution in [0.3, 0.4) is 0 Å². The van der Waals surface area contributed by atoms with Crippen molar-refractivity contribution in [2.24, 2.45) is 5.73 Å². The molecule has 2 amide bonds. The lowest BCUT2D eigenvalue weighted by Crippen LogP contribution is -2.53. The molecule has 0 aliphatic carbocycles. The molecule has 1 aliphatic heterocycles. The molecule has 3 aromatic rings. The molecule has 36 heavy (non-hydrogen) atoms. The van der Waals surface area contributed by atoms with Gasteiger partial charge in [0.15, 0.2) is 11.5 Å². The molecule has 9 nitrogen and oxygen atoms in total. The average Bonchev–Trinajstić information content (AvgIpc) is 2.82. The summed E-state index contributed by atoms with van der Waals surface area (Å²) in [6, 6.07) is 9.40. The van der Waals surface area contributed by atoms with E-state index in [1.54, 1.807) is 6.07 Å². The predicted octanol–water partition coefficient (Wildman–Crippen LogP) is 3.42. The second-order valence-electron chi connectivity index (χ2n) is 8.53. The van der Waals surface area contributed by atoms with Crippen molar-refractivity contribution in [3.8, 4) is 11.5 Å². The van der Waals surface area contributed by atoms with Crippen molar-refractivity contribution in [2.45, 2.75) is 46.2 Å². The molecule has 1 saturated heterocycles. The number of pyridine rings is 1. The van der Waals surface area contributed by atoms with Crippen molar-refractivity contribution in [3.05, 3.63) is 53.2 Å². The Hall–Kier alpha value is -3.85. The number of nitrogens with one attached hydrogen (secondary N) is 3. The van der Waals surface area contributed by atoms with Gasteiger partial charge in [-0.25, -0.2) is 0 Å². The minimum atomic E-state index is -0.590. The van der Waals surface area contributed by atoms with E-state index in [-0.39, 0.29) is 17.5 Å². The summed E-state index contributed by atoms with van der Waals surface area (Å²) in [4.78, 5) is 29.2. The van der Waals surface area contributed by atoms with E-state index >= 15 is 0 Å². The smallest absolute Gasteiger partial charge is 0.252 e. The third-order valence-electron chi connectivity index (χ3n) is 6.28. The van der Waals surface area contributed by atoms with Crippen LogP contribution in [0, 0.1) is 0 Å². The Morgan fingerprint density at radius 2 is 1.86 bits per heavy atom. The number of hydrogen-bond acceptors (Lipinski definition) is 7. The highest BCUT2D eigenvalue weighted by atomic mass is 16.5. The Kier molecular flexibility index (Phi) is 7.90. The number of hydrogen-bond donors (Lipinski definition) is 4. The lowest BCUT2D eigenvalue weighted by Gasteiger charge is -2.26. The number of primary amides is 1. The Morgan fingerprint density at radius 1 is 1.14 bits per heavy atom. The van der Waals surface area contributed by atoms with Crippen LogP contribution in [0.1, 0.15) is 48.7 Å². The van der Waals surface area contributed by atoms with Gasteiger partial charge in [-0.3, -0.25) is 14.6 Å². The zero-order chi connectivity index (χ0) is 25.7. The van der Waals surface area contributed by atoms with Gasteiger partial charge in [-0.1, -0.05) is 19.1 Å². The van der Waals surface area contributed by atoms with E-state index in [1.165, 1.54) is 6.20 Å². The second kappa shape index (κ2) is 11.3. The lowest BCUT2D eigenvalue weighted by atomic mass is 10.0. The largest absolute Gasteiger partial charge is 0.490 e. The normalized spacial score (nSPS) is 14.7. The van der Waals surface area contributed by atoms with Crippen LogP contribution >= 0.6 is 0 Å². The van der Waals surface area contributed by atoms with Crippen molar-refractivity contribution in [1.29, 1.82) is 0 Å². The summed E-state index contributed by atoms with van der Waals surface area (Å²) in [5.41, 5.74) is 10.1. The fourth-order valence-corrected chi connectivity index (χ4v) is 4.35. The van der Waals surface area contributed by atoms with Gasteiger partial charge in [0, 0.05) is 29.9 Å². The van der Waals surface area contributed by atoms with Gasteiger partial charge >= 0.3 is 0 Å². The molecule has 190 valence electrons. The second-order valence-corrected chi connectivity index (χ2v) is 8.53. The first-order valence-corrected chi connectivity index (χ1v) is 12.4. The van der Waals surface area contributed by atoms with Crippen LogP contribution in [-0.4, -0.2) is 42.6 Å². The van der Waals surface area contributed by atoms with Crippen LogP contribution < -0.4 is 31.2 Å². The van der Waals surface area contributed by atoms with Crippen LogP contribution in [0.5, 0.6) is 11.5 Å². The third kappa shape index (κ3) is 5.21. The van der Waals surface area contributed by atoms with Gasteiger partial charge in [0.25, 0.3) is 5.91 Å². The molecule has 0 saturated carbocycles. The van der Waals surface area contributed by atoms with Crippen LogP contribution in [0.2, 0.25) is 0 Å². The lowest BCUT2D eigenvalue weighted by molar-refractivity contribution is -0.124. The van der Waals surface area contributed by atoms with Gasteiger partial charge in [0.2, 0.25) is 5.91 Å². The standard InChI is InChI=1S/C27H33N5O4/c1-4-17-16(14-31-27(34)21-10-11-29-21)8-7-9-20(17)32-25-18-12-23(35-5-2)24(36-6-3)13-22(18)30-15-19(25)26(28)33/h7-9,12-13,15,21,29H,4-6,10-11,14H2,1-3H3,(H2,28,33)(H,30,32)(H,31,34)/t21-/m0/s1. The predicted molar refractivity (Wildman–Crippen MR) is 140 cm³/mol. The molecule has 0 radical (unpaired) electrons. The number of benzene rings is 2. The summed E-state index contributed by atoms with van der Waals surface area (Å²) in [6.45, 7) is 8.09. The molecule has 1 atom stereocenters. The van der Waals surface area contributed by atoms with E-state index in [0.29, 0.717) is 47.8 Å². The molecule has 4 rings (SSSR count). The zero-order valence-electron chi connectivity index (χ0n) is 20.9. The Bertz CT molecular complexity index is 1270. The van der Waals surface area contributed by atoms with Gasteiger partial charge < -0.3 is 31.2 Å². The molecule has 9 heteroatoms. The number of anilines is 2. The summed E-state index contributed by atoms with van der Waals surface area (Å²) < 4.78 is 11.6. The highest BCUT2D eigenvalue weighted by molar-refractivity contribution is 6.08. The topological polar surface area (TPSA) is 128 Å². The SMILES string of the molecule is CCOc1cc2ncc(C(N)=O)c(Nc3cccc(CNC(=O)[C@@H]4CCN4)c3CC)c2cc1OCC. The van der Waals surface area contributed by atoms with E-state index in [9.17, 15) is 9.59 Å². The molecule has 2 heterocycles. The summed E-state index contributed by atoms with van der Waals surface area (Å²) in [6.07, 6.45) is 3.06. The molecular formula is C27H33N5O4. The number of carbonyl (C=O) groups is 2. The van der Waals surface area contributed by atoms with Crippen LogP contribution in [0.15, 0.2) is 36.5 Å². The van der Waals surface area contributed by atoms with Gasteiger partial charge in [0.1, 0.15) is 0 Å². The number of nitrogens with two attached hydrogens (primary N) is 1. The maximum atomic E-state index is 12.4. The fourth-order valence-electron chi connectivity index (χ4n) is 4.35. The molecule has 0 spiro atoms. The van der Waals surface area contributed by atoms with Crippen molar-refractivity contribution in [1.82, 2.24) is 15.6 Å². The number of rotatable bonds is 11. The maximum absolute atomic E-state index is 12.4. The minimum absolute atomic E-state index is 0.00589. The summed E-state index contributed by atoms with van der Waals surface area (Å²) in [5.74, 6) is 0.569. The summed E-state index contributed by atoms with van der Waals surface area (Å²) >= 11 is 0. The molecule has 0 unspecified atom stereocenters. The fraction of sp³-hybridized carbons (Fsp3) is 0.370. The van der Waals surface area contributed by atoms with Crippen molar-refractivity contribution >= 4 is 34.1 Å². The number of carbonyl (C=O) groups excluding carboxylic acids is 2. The highest BCUT2D eigenvalue weighted by Crippen LogP contribution is 2.38. The summed E-state index contributed by atoms with van der Waals surface area (Å²) in [7, 11) is 0. The zero-order valence-corrected chi connectivity index (χ0v) is 20.9. The van der Waals surface area contributed by atoms with E-state index < -0.39 is 5.91 Å². The number of fused-ring (bicyclic) bond motifs is 1. The van der Waals surface area contributed by atoms with Gasteiger partial charge in [-0.15, -0.1) is 0 Å². The maximum Gasteiger partial charge on any atom is 0.252 e. The van der Waals surface area contributed by atoms with Crippen molar-refractivity contribution in [2.75, 3.05) is 25.1 Å². The van der Waals surface area contributed by atoms with Crippen molar-refractivity contribution in [3.63, 3.8) is 0 Å².